The molecule has 138 valence electrons. The van der Waals surface area contributed by atoms with Gasteiger partial charge in [-0.25, -0.2) is 0 Å². The van der Waals surface area contributed by atoms with Crippen LogP contribution in [-0.2, 0) is 17.8 Å². The minimum absolute atomic E-state index is 0.147. The number of rotatable bonds is 4. The quantitative estimate of drug-likeness (QED) is 0.910. The number of aryl methyl sites for hydroxylation is 1. The van der Waals surface area contributed by atoms with Crippen LogP contribution in [0.25, 0.3) is 0 Å². The van der Waals surface area contributed by atoms with Crippen molar-refractivity contribution in [1.82, 2.24) is 25.0 Å². The highest BCUT2D eigenvalue weighted by Crippen LogP contribution is 2.32. The predicted molar refractivity (Wildman–Crippen MR) is 96.1 cm³/mol. The average molecular weight is 345 g/mol. The Morgan fingerprint density at radius 1 is 1.04 bits per heavy atom. The van der Waals surface area contributed by atoms with Gasteiger partial charge in [0.15, 0.2) is 5.82 Å². The fraction of sp³-hybridized carbons (Fsp3) is 0.842. The lowest BCUT2D eigenvalue weighted by Gasteiger charge is -2.36. The van der Waals surface area contributed by atoms with Crippen molar-refractivity contribution in [1.29, 1.82) is 0 Å². The molecule has 3 aliphatic heterocycles. The predicted octanol–water partition coefficient (Wildman–Crippen LogP) is 2.45. The summed E-state index contributed by atoms with van der Waals surface area (Å²) in [5.41, 5.74) is 0. The van der Waals surface area contributed by atoms with Gasteiger partial charge in [-0.3, -0.25) is 4.79 Å². The van der Waals surface area contributed by atoms with E-state index >= 15 is 0 Å². The number of carbonyl (C=O) groups excluding carboxylic acids is 1. The second-order valence-electron chi connectivity index (χ2n) is 7.91. The maximum absolute atomic E-state index is 13.0. The van der Waals surface area contributed by atoms with Crippen molar-refractivity contribution in [2.75, 3.05) is 19.6 Å². The number of nitrogens with zero attached hydrogens (tertiary/aromatic N) is 4. The molecule has 0 saturated carbocycles. The van der Waals surface area contributed by atoms with E-state index in [1.165, 1.54) is 32.1 Å². The van der Waals surface area contributed by atoms with Gasteiger partial charge >= 0.3 is 0 Å². The van der Waals surface area contributed by atoms with Crippen molar-refractivity contribution < 1.29 is 4.79 Å². The third-order valence-electron chi connectivity index (χ3n) is 6.23. The molecular formula is C19H31N5O. The van der Waals surface area contributed by atoms with Crippen LogP contribution in [0.2, 0.25) is 0 Å². The highest BCUT2D eigenvalue weighted by molar-refractivity contribution is 5.76. The molecule has 2 saturated heterocycles. The molecule has 0 aliphatic carbocycles. The van der Waals surface area contributed by atoms with E-state index in [2.05, 4.69) is 25.0 Å². The summed E-state index contributed by atoms with van der Waals surface area (Å²) in [6.45, 7) is 4.12. The summed E-state index contributed by atoms with van der Waals surface area (Å²) >= 11 is 0. The van der Waals surface area contributed by atoms with Gasteiger partial charge in [-0.05, 0) is 70.4 Å². The van der Waals surface area contributed by atoms with Crippen LogP contribution >= 0.6 is 0 Å². The number of piperidine rings is 2. The van der Waals surface area contributed by atoms with E-state index in [0.717, 1.165) is 63.5 Å². The molecule has 25 heavy (non-hydrogen) atoms. The SMILES string of the molecule is O=C(CCC1CCNCC1)N1CCCCC1c1nnc2n1CCCC2. The number of carbonyl (C=O) groups is 1. The van der Waals surface area contributed by atoms with Crippen molar-refractivity contribution in [3.8, 4) is 0 Å². The number of nitrogens with one attached hydrogen (secondary N) is 1. The number of hydrogen-bond donors (Lipinski definition) is 1. The molecule has 1 aromatic heterocycles. The Labute approximate surface area is 150 Å². The van der Waals surface area contributed by atoms with Crippen LogP contribution < -0.4 is 5.32 Å². The van der Waals surface area contributed by atoms with Gasteiger partial charge in [-0.1, -0.05) is 0 Å². The van der Waals surface area contributed by atoms with E-state index in [1.54, 1.807) is 0 Å². The molecule has 1 N–H and O–H groups in total. The largest absolute Gasteiger partial charge is 0.332 e. The molecule has 0 spiro atoms. The van der Waals surface area contributed by atoms with Crippen LogP contribution in [-0.4, -0.2) is 45.2 Å². The van der Waals surface area contributed by atoms with E-state index in [4.69, 9.17) is 0 Å². The third-order valence-corrected chi connectivity index (χ3v) is 6.23. The molecule has 0 radical (unpaired) electrons. The summed E-state index contributed by atoms with van der Waals surface area (Å²) in [6, 6.07) is 0.147. The number of hydrogen-bond acceptors (Lipinski definition) is 4. The fourth-order valence-electron chi connectivity index (χ4n) is 4.72. The zero-order valence-electron chi connectivity index (χ0n) is 15.3. The summed E-state index contributed by atoms with van der Waals surface area (Å²) < 4.78 is 2.30. The van der Waals surface area contributed by atoms with Crippen LogP contribution in [0.1, 0.15) is 75.5 Å². The Balaban J connectivity index is 1.43. The van der Waals surface area contributed by atoms with Crippen LogP contribution in [0.3, 0.4) is 0 Å². The second kappa shape index (κ2) is 7.85. The standard InChI is InChI=1S/C19H31N5O/c25-18(8-7-15-9-11-20-12-10-15)23-13-3-1-5-16(23)19-22-21-17-6-2-4-14-24(17)19/h15-16,20H,1-14H2. The number of aromatic nitrogens is 3. The number of likely N-dealkylation sites (tertiary alicyclic amines) is 1. The second-order valence-corrected chi connectivity index (χ2v) is 7.91. The molecule has 0 aromatic carbocycles. The monoisotopic (exact) mass is 345 g/mol. The molecule has 1 atom stereocenters. The normalized spacial score (nSPS) is 25.0. The summed E-state index contributed by atoms with van der Waals surface area (Å²) in [5.74, 6) is 3.21. The van der Waals surface area contributed by atoms with Crippen molar-refractivity contribution in [3.63, 3.8) is 0 Å². The topological polar surface area (TPSA) is 63.1 Å². The molecule has 6 heteroatoms. The molecule has 1 unspecified atom stereocenters. The third kappa shape index (κ3) is 3.73. The Morgan fingerprint density at radius 2 is 1.88 bits per heavy atom. The maximum atomic E-state index is 13.0. The van der Waals surface area contributed by atoms with Gasteiger partial charge in [0.25, 0.3) is 0 Å². The molecule has 1 aromatic rings. The van der Waals surface area contributed by atoms with Gasteiger partial charge in [0.1, 0.15) is 5.82 Å². The van der Waals surface area contributed by atoms with Crippen LogP contribution in [0.5, 0.6) is 0 Å². The summed E-state index contributed by atoms with van der Waals surface area (Å²) in [5, 5.41) is 12.3. The van der Waals surface area contributed by atoms with Crippen molar-refractivity contribution in [3.05, 3.63) is 11.6 Å². The van der Waals surface area contributed by atoms with Crippen LogP contribution in [0, 0.1) is 5.92 Å². The lowest BCUT2D eigenvalue weighted by Crippen LogP contribution is -2.40. The minimum atomic E-state index is 0.147. The van der Waals surface area contributed by atoms with Gasteiger partial charge in [0.2, 0.25) is 5.91 Å². The highest BCUT2D eigenvalue weighted by atomic mass is 16.2. The van der Waals surface area contributed by atoms with E-state index in [9.17, 15) is 4.79 Å². The molecule has 3 aliphatic rings. The zero-order valence-corrected chi connectivity index (χ0v) is 15.3. The molecular weight excluding hydrogens is 314 g/mol. The van der Waals surface area contributed by atoms with Gasteiger partial charge in [0.05, 0.1) is 6.04 Å². The van der Waals surface area contributed by atoms with E-state index in [1.807, 2.05) is 0 Å². The Kier molecular flexibility index (Phi) is 5.34. The zero-order chi connectivity index (χ0) is 17.1. The van der Waals surface area contributed by atoms with E-state index in [0.29, 0.717) is 18.2 Å². The lowest BCUT2D eigenvalue weighted by molar-refractivity contribution is -0.135. The van der Waals surface area contributed by atoms with Crippen LogP contribution in [0.4, 0.5) is 0 Å². The molecule has 1 amide bonds. The van der Waals surface area contributed by atoms with Crippen molar-refractivity contribution in [2.24, 2.45) is 5.92 Å². The molecule has 4 rings (SSSR count). The molecule has 6 nitrogen and oxygen atoms in total. The Bertz CT molecular complexity index is 593. The molecule has 0 bridgehead atoms. The average Bonchev–Trinajstić information content (AvgIpc) is 3.11. The summed E-state index contributed by atoms with van der Waals surface area (Å²) in [7, 11) is 0. The molecule has 2 fully saturated rings. The molecule has 4 heterocycles. The van der Waals surface area contributed by atoms with Gasteiger partial charge < -0.3 is 14.8 Å². The summed E-state index contributed by atoms with van der Waals surface area (Å²) in [6.07, 6.45) is 11.0. The Hall–Kier alpha value is -1.43. The first-order chi connectivity index (χ1) is 12.3. The maximum Gasteiger partial charge on any atom is 0.223 e. The van der Waals surface area contributed by atoms with Crippen molar-refractivity contribution >= 4 is 5.91 Å². The Morgan fingerprint density at radius 3 is 2.76 bits per heavy atom. The first-order valence-corrected chi connectivity index (χ1v) is 10.2. The van der Waals surface area contributed by atoms with Gasteiger partial charge in [0, 0.05) is 25.9 Å². The smallest absolute Gasteiger partial charge is 0.223 e. The van der Waals surface area contributed by atoms with Crippen molar-refractivity contribution in [2.45, 2.75) is 76.8 Å². The van der Waals surface area contributed by atoms with E-state index < -0.39 is 0 Å². The lowest BCUT2D eigenvalue weighted by atomic mass is 9.92. The number of fused-ring (bicyclic) bond motifs is 1. The van der Waals surface area contributed by atoms with Gasteiger partial charge in [-0.2, -0.15) is 0 Å². The van der Waals surface area contributed by atoms with Gasteiger partial charge in [-0.15, -0.1) is 10.2 Å². The fourth-order valence-corrected chi connectivity index (χ4v) is 4.72. The van der Waals surface area contributed by atoms with Crippen LogP contribution in [0.15, 0.2) is 0 Å². The first kappa shape index (κ1) is 17.0. The minimum Gasteiger partial charge on any atom is -0.332 e. The summed E-state index contributed by atoms with van der Waals surface area (Å²) in [4.78, 5) is 15.1. The number of amides is 1. The first-order valence-electron chi connectivity index (χ1n) is 10.2. The van der Waals surface area contributed by atoms with E-state index in [-0.39, 0.29) is 6.04 Å². The highest BCUT2D eigenvalue weighted by Gasteiger charge is 2.33.